The van der Waals surface area contributed by atoms with Crippen molar-refractivity contribution in [2.45, 2.75) is 36.8 Å². The van der Waals surface area contributed by atoms with Crippen LogP contribution in [0.4, 0.5) is 10.8 Å². The van der Waals surface area contributed by atoms with Crippen LogP contribution in [0, 0.1) is 6.92 Å². The number of anilines is 2. The molecule has 0 spiro atoms. The fourth-order valence-corrected chi connectivity index (χ4v) is 4.10. The molecule has 1 unspecified atom stereocenters. The smallest absolute Gasteiger partial charge is 0.233 e. The molecule has 1 aromatic heterocycles. The van der Waals surface area contributed by atoms with Gasteiger partial charge in [0.2, 0.25) is 11.0 Å². The lowest BCUT2D eigenvalue weighted by Gasteiger charge is -2.10. The first-order valence-corrected chi connectivity index (χ1v) is 10.5. The van der Waals surface area contributed by atoms with E-state index in [-0.39, 0.29) is 11.2 Å². The Morgan fingerprint density at radius 2 is 2.23 bits per heavy atom. The third kappa shape index (κ3) is 6.75. The lowest BCUT2D eigenvalue weighted by Crippen LogP contribution is -2.32. The second-order valence-electron chi connectivity index (χ2n) is 5.56. The molecule has 2 N–H and O–H groups in total. The van der Waals surface area contributed by atoms with Gasteiger partial charge in [0.1, 0.15) is 0 Å². The summed E-state index contributed by atoms with van der Waals surface area (Å²) in [5.41, 5.74) is 1.88. The van der Waals surface area contributed by atoms with Crippen molar-refractivity contribution in [2.75, 3.05) is 25.1 Å². The molecule has 0 saturated heterocycles. The summed E-state index contributed by atoms with van der Waals surface area (Å²) < 4.78 is 5.99. The van der Waals surface area contributed by atoms with Gasteiger partial charge in [-0.2, -0.15) is 0 Å². The predicted octanol–water partition coefficient (Wildman–Crippen LogP) is 4.27. The van der Waals surface area contributed by atoms with Crippen LogP contribution >= 0.6 is 34.7 Å². The number of carbonyl (C=O) groups excluding carboxylic acids is 1. The molecular weight excluding hydrogens is 392 g/mol. The number of nitrogens with one attached hydrogen (secondary N) is 2. The molecular formula is C17H23ClN4O2S2. The SMILES string of the molecule is CCOCCCNC(=O)C(C)Sc1nnc(Nc2ccc(C)c(Cl)c2)s1. The molecule has 6 nitrogen and oxygen atoms in total. The molecule has 1 heterocycles. The Balaban J connectivity index is 1.81. The van der Waals surface area contributed by atoms with Gasteiger partial charge in [-0.15, -0.1) is 10.2 Å². The van der Waals surface area contributed by atoms with Crippen LogP contribution in [-0.4, -0.2) is 41.1 Å². The number of ether oxygens (including phenoxy) is 1. The van der Waals surface area contributed by atoms with Crippen molar-refractivity contribution in [1.29, 1.82) is 0 Å². The molecule has 26 heavy (non-hydrogen) atoms. The minimum absolute atomic E-state index is 0.0125. The van der Waals surface area contributed by atoms with Crippen LogP contribution in [0.5, 0.6) is 0 Å². The van der Waals surface area contributed by atoms with Crippen LogP contribution < -0.4 is 10.6 Å². The number of halogens is 1. The maximum atomic E-state index is 12.1. The molecule has 1 amide bonds. The fraction of sp³-hybridized carbons (Fsp3) is 0.471. The highest BCUT2D eigenvalue weighted by atomic mass is 35.5. The van der Waals surface area contributed by atoms with E-state index in [2.05, 4.69) is 20.8 Å². The van der Waals surface area contributed by atoms with E-state index in [0.29, 0.717) is 29.9 Å². The normalized spacial score (nSPS) is 12.0. The predicted molar refractivity (Wildman–Crippen MR) is 109 cm³/mol. The Morgan fingerprint density at radius 3 is 2.96 bits per heavy atom. The van der Waals surface area contributed by atoms with Gasteiger partial charge in [0.25, 0.3) is 0 Å². The summed E-state index contributed by atoms with van der Waals surface area (Å²) in [7, 11) is 0. The van der Waals surface area contributed by atoms with Crippen molar-refractivity contribution in [2.24, 2.45) is 0 Å². The first-order chi connectivity index (χ1) is 12.5. The van der Waals surface area contributed by atoms with E-state index in [1.807, 2.05) is 39.0 Å². The summed E-state index contributed by atoms with van der Waals surface area (Å²) in [6.45, 7) is 7.73. The summed E-state index contributed by atoms with van der Waals surface area (Å²) in [6.07, 6.45) is 0.808. The first kappa shape index (κ1) is 21.0. The monoisotopic (exact) mass is 414 g/mol. The quantitative estimate of drug-likeness (QED) is 0.446. The molecule has 2 aromatic rings. The van der Waals surface area contributed by atoms with Gasteiger partial charge < -0.3 is 15.4 Å². The van der Waals surface area contributed by atoms with Crippen LogP contribution in [0.3, 0.4) is 0 Å². The molecule has 0 aliphatic carbocycles. The molecule has 1 aromatic carbocycles. The number of carbonyl (C=O) groups is 1. The van der Waals surface area contributed by atoms with Crippen molar-refractivity contribution >= 4 is 51.4 Å². The largest absolute Gasteiger partial charge is 0.382 e. The molecule has 1 atom stereocenters. The van der Waals surface area contributed by atoms with Crippen molar-refractivity contribution in [3.8, 4) is 0 Å². The molecule has 0 bridgehead atoms. The van der Waals surface area contributed by atoms with Crippen molar-refractivity contribution in [3.63, 3.8) is 0 Å². The molecule has 9 heteroatoms. The van der Waals surface area contributed by atoms with Gasteiger partial charge in [0, 0.05) is 30.5 Å². The van der Waals surface area contributed by atoms with Crippen LogP contribution in [-0.2, 0) is 9.53 Å². The maximum absolute atomic E-state index is 12.1. The number of amides is 1. The number of hydrogen-bond donors (Lipinski definition) is 2. The van der Waals surface area contributed by atoms with E-state index >= 15 is 0 Å². The van der Waals surface area contributed by atoms with E-state index in [1.54, 1.807) is 0 Å². The summed E-state index contributed by atoms with van der Waals surface area (Å²) in [5, 5.41) is 15.5. The Bertz CT molecular complexity index is 727. The number of aryl methyl sites for hydroxylation is 1. The number of aromatic nitrogens is 2. The third-order valence-corrected chi connectivity index (χ3v) is 5.88. The molecule has 0 aliphatic heterocycles. The highest BCUT2D eigenvalue weighted by molar-refractivity contribution is 8.02. The first-order valence-electron chi connectivity index (χ1n) is 8.38. The third-order valence-electron chi connectivity index (χ3n) is 3.45. The zero-order chi connectivity index (χ0) is 18.9. The molecule has 142 valence electrons. The van der Waals surface area contributed by atoms with Gasteiger partial charge in [0.05, 0.1) is 5.25 Å². The molecule has 0 radical (unpaired) electrons. The molecule has 0 fully saturated rings. The van der Waals surface area contributed by atoms with E-state index in [1.165, 1.54) is 23.1 Å². The Kier molecular flexibility index (Phi) is 8.64. The fourth-order valence-electron chi connectivity index (χ4n) is 1.98. The zero-order valence-corrected chi connectivity index (χ0v) is 17.4. The van der Waals surface area contributed by atoms with Crippen molar-refractivity contribution in [3.05, 3.63) is 28.8 Å². The second-order valence-corrected chi connectivity index (χ2v) is 8.54. The standard InChI is InChI=1S/C17H23ClN4O2S2/c1-4-24-9-5-8-19-15(23)12(3)25-17-22-21-16(26-17)20-13-7-6-11(2)14(18)10-13/h6-7,10,12H,4-5,8-9H2,1-3H3,(H,19,23)(H,20,21). The average Bonchev–Trinajstić information content (AvgIpc) is 3.04. The highest BCUT2D eigenvalue weighted by Crippen LogP contribution is 2.31. The number of thioether (sulfide) groups is 1. The van der Waals surface area contributed by atoms with E-state index < -0.39 is 0 Å². The van der Waals surface area contributed by atoms with Gasteiger partial charge in [0.15, 0.2) is 4.34 Å². The highest BCUT2D eigenvalue weighted by Gasteiger charge is 2.17. The minimum atomic E-state index is -0.239. The number of hydrogen-bond acceptors (Lipinski definition) is 7. The average molecular weight is 415 g/mol. The van der Waals surface area contributed by atoms with Gasteiger partial charge >= 0.3 is 0 Å². The summed E-state index contributed by atoms with van der Waals surface area (Å²) in [5.74, 6) is -0.0125. The minimum Gasteiger partial charge on any atom is -0.382 e. The summed E-state index contributed by atoms with van der Waals surface area (Å²) in [4.78, 5) is 12.1. The van der Waals surface area contributed by atoms with Crippen LogP contribution in [0.1, 0.15) is 25.8 Å². The van der Waals surface area contributed by atoms with Crippen LogP contribution in [0.15, 0.2) is 22.5 Å². The number of benzene rings is 1. The molecule has 0 saturated carbocycles. The Morgan fingerprint density at radius 1 is 1.42 bits per heavy atom. The van der Waals surface area contributed by atoms with Crippen LogP contribution in [0.25, 0.3) is 0 Å². The van der Waals surface area contributed by atoms with Gasteiger partial charge in [-0.1, -0.05) is 40.8 Å². The second kappa shape index (κ2) is 10.7. The lowest BCUT2D eigenvalue weighted by atomic mass is 10.2. The van der Waals surface area contributed by atoms with Gasteiger partial charge in [-0.3, -0.25) is 4.79 Å². The van der Waals surface area contributed by atoms with Crippen LogP contribution in [0.2, 0.25) is 5.02 Å². The Labute approximate surface area is 167 Å². The summed E-state index contributed by atoms with van der Waals surface area (Å²) in [6, 6.07) is 5.73. The topological polar surface area (TPSA) is 76.1 Å². The van der Waals surface area contributed by atoms with Gasteiger partial charge in [-0.05, 0) is 44.9 Å². The molecule has 0 aliphatic rings. The van der Waals surface area contributed by atoms with Crippen molar-refractivity contribution < 1.29 is 9.53 Å². The number of nitrogens with zero attached hydrogens (tertiary/aromatic N) is 2. The lowest BCUT2D eigenvalue weighted by molar-refractivity contribution is -0.120. The van der Waals surface area contributed by atoms with E-state index in [4.69, 9.17) is 16.3 Å². The van der Waals surface area contributed by atoms with Gasteiger partial charge in [-0.25, -0.2) is 0 Å². The number of rotatable bonds is 10. The maximum Gasteiger partial charge on any atom is 0.233 e. The van der Waals surface area contributed by atoms with E-state index in [0.717, 1.165) is 22.0 Å². The molecule has 2 rings (SSSR count). The summed E-state index contributed by atoms with van der Waals surface area (Å²) >= 11 is 8.93. The zero-order valence-electron chi connectivity index (χ0n) is 15.0. The Hall–Kier alpha value is -1.35. The van der Waals surface area contributed by atoms with Crippen molar-refractivity contribution in [1.82, 2.24) is 15.5 Å². The van der Waals surface area contributed by atoms with E-state index in [9.17, 15) is 4.79 Å².